The normalized spacial score (nSPS) is 11.2. The molecule has 0 aliphatic carbocycles. The van der Waals surface area contributed by atoms with E-state index < -0.39 is 10.0 Å². The summed E-state index contributed by atoms with van der Waals surface area (Å²) in [7, 11) is -3.35. The van der Waals surface area contributed by atoms with E-state index in [-0.39, 0.29) is 11.7 Å². The number of amides is 1. The molecule has 32 heavy (non-hydrogen) atoms. The number of ether oxygens (including phenoxy) is 2. The summed E-state index contributed by atoms with van der Waals surface area (Å²) < 4.78 is 36.7. The van der Waals surface area contributed by atoms with Gasteiger partial charge in [-0.2, -0.15) is 0 Å². The van der Waals surface area contributed by atoms with Crippen molar-refractivity contribution in [2.75, 3.05) is 60.2 Å². The van der Waals surface area contributed by atoms with Gasteiger partial charge in [0, 0.05) is 48.9 Å². The summed E-state index contributed by atoms with van der Waals surface area (Å²) in [5.41, 5.74) is 2.55. The van der Waals surface area contributed by atoms with Gasteiger partial charge in [-0.3, -0.25) is 9.52 Å². The maximum atomic E-state index is 12.5. The highest BCUT2D eigenvalue weighted by atomic mass is 32.2. The van der Waals surface area contributed by atoms with Crippen LogP contribution in [0.25, 0.3) is 0 Å². The quantitative estimate of drug-likeness (QED) is 0.416. The average molecular weight is 464 g/mol. The summed E-state index contributed by atoms with van der Waals surface area (Å²) >= 11 is 0. The van der Waals surface area contributed by atoms with Crippen LogP contribution < -0.4 is 14.9 Å². The molecule has 1 amide bonds. The van der Waals surface area contributed by atoms with Crippen molar-refractivity contribution < 1.29 is 22.7 Å². The molecule has 0 aromatic heterocycles. The molecule has 0 atom stereocenters. The van der Waals surface area contributed by atoms with Gasteiger partial charge in [0.2, 0.25) is 10.0 Å². The van der Waals surface area contributed by atoms with Gasteiger partial charge in [-0.15, -0.1) is 0 Å². The summed E-state index contributed by atoms with van der Waals surface area (Å²) in [6.45, 7) is 9.62. The van der Waals surface area contributed by atoms with E-state index >= 15 is 0 Å². The van der Waals surface area contributed by atoms with Gasteiger partial charge in [0.25, 0.3) is 5.91 Å². The van der Waals surface area contributed by atoms with E-state index in [4.69, 9.17) is 9.47 Å². The number of carbonyl (C=O) groups is 1. The van der Waals surface area contributed by atoms with E-state index in [1.807, 2.05) is 38.1 Å². The van der Waals surface area contributed by atoms with E-state index in [1.54, 1.807) is 31.2 Å². The lowest BCUT2D eigenvalue weighted by atomic mass is 10.2. The van der Waals surface area contributed by atoms with Crippen LogP contribution in [0.15, 0.2) is 48.5 Å². The average Bonchev–Trinajstić information content (AvgIpc) is 2.79. The summed E-state index contributed by atoms with van der Waals surface area (Å²) in [6.07, 6.45) is 0. The Hall–Kier alpha value is -2.62. The number of hydrogen-bond donors (Lipinski definition) is 2. The lowest BCUT2D eigenvalue weighted by Gasteiger charge is -2.25. The van der Waals surface area contributed by atoms with Crippen molar-refractivity contribution >= 4 is 33.0 Å². The first-order chi connectivity index (χ1) is 15.4. The maximum absolute atomic E-state index is 12.5. The standard InChI is InChI=1S/C23H33N3O5S/c1-4-30-17-15-26(16-18-31-5-2)22-13-11-20(12-14-22)24-23(27)19-7-9-21(10-8-19)25-32(28,29)6-3/h7-14,25H,4-6,15-18H2,1-3H3,(H,24,27). The minimum atomic E-state index is -3.35. The number of anilines is 3. The second-order valence-electron chi connectivity index (χ2n) is 6.96. The number of benzene rings is 2. The van der Waals surface area contributed by atoms with Crippen molar-refractivity contribution in [1.29, 1.82) is 0 Å². The van der Waals surface area contributed by atoms with Crippen LogP contribution in [0.4, 0.5) is 17.1 Å². The fourth-order valence-electron chi connectivity index (χ4n) is 2.91. The van der Waals surface area contributed by atoms with Crippen LogP contribution in [0.3, 0.4) is 0 Å². The zero-order valence-electron chi connectivity index (χ0n) is 19.0. The molecule has 0 heterocycles. The van der Waals surface area contributed by atoms with Crippen LogP contribution >= 0.6 is 0 Å². The highest BCUT2D eigenvalue weighted by Crippen LogP contribution is 2.19. The lowest BCUT2D eigenvalue weighted by molar-refractivity contribution is 0.102. The van der Waals surface area contributed by atoms with Gasteiger partial charge in [0.15, 0.2) is 0 Å². The minimum Gasteiger partial charge on any atom is -0.380 e. The van der Waals surface area contributed by atoms with Crippen molar-refractivity contribution in [1.82, 2.24) is 0 Å². The number of sulfonamides is 1. The molecule has 0 fully saturated rings. The Morgan fingerprint density at radius 2 is 1.38 bits per heavy atom. The van der Waals surface area contributed by atoms with Gasteiger partial charge in [-0.05, 0) is 69.3 Å². The Kier molecular flexibility index (Phi) is 10.5. The zero-order chi connectivity index (χ0) is 23.4. The molecule has 0 saturated heterocycles. The smallest absolute Gasteiger partial charge is 0.255 e. The lowest BCUT2D eigenvalue weighted by Crippen LogP contribution is -2.31. The molecular weight excluding hydrogens is 430 g/mol. The number of nitrogens with zero attached hydrogens (tertiary/aromatic N) is 1. The molecule has 0 aliphatic heterocycles. The molecule has 0 aliphatic rings. The Morgan fingerprint density at radius 3 is 1.88 bits per heavy atom. The summed E-state index contributed by atoms with van der Waals surface area (Å²) in [5, 5.41) is 2.86. The molecule has 0 unspecified atom stereocenters. The van der Waals surface area contributed by atoms with Crippen molar-refractivity contribution in [3.63, 3.8) is 0 Å². The molecule has 2 aromatic carbocycles. The van der Waals surface area contributed by atoms with Gasteiger partial charge in [-0.25, -0.2) is 8.42 Å². The number of hydrogen-bond acceptors (Lipinski definition) is 6. The van der Waals surface area contributed by atoms with E-state index in [0.717, 1.165) is 18.8 Å². The van der Waals surface area contributed by atoms with Gasteiger partial charge in [0.1, 0.15) is 0 Å². The molecule has 0 radical (unpaired) electrons. The van der Waals surface area contributed by atoms with Gasteiger partial charge >= 0.3 is 0 Å². The maximum Gasteiger partial charge on any atom is 0.255 e. The predicted molar refractivity (Wildman–Crippen MR) is 129 cm³/mol. The highest BCUT2D eigenvalue weighted by Gasteiger charge is 2.11. The number of carbonyl (C=O) groups excluding carboxylic acids is 1. The summed E-state index contributed by atoms with van der Waals surface area (Å²) in [6, 6.07) is 13.9. The highest BCUT2D eigenvalue weighted by molar-refractivity contribution is 7.92. The molecule has 2 N–H and O–H groups in total. The first-order valence-electron chi connectivity index (χ1n) is 10.8. The molecule has 0 spiro atoms. The molecule has 8 nitrogen and oxygen atoms in total. The fraction of sp³-hybridized carbons (Fsp3) is 0.435. The van der Waals surface area contributed by atoms with Crippen molar-refractivity contribution in [3.8, 4) is 0 Å². The summed E-state index contributed by atoms with van der Waals surface area (Å²) in [4.78, 5) is 14.7. The van der Waals surface area contributed by atoms with Gasteiger partial charge in [-0.1, -0.05) is 0 Å². The Balaban J connectivity index is 1.99. The van der Waals surface area contributed by atoms with Crippen molar-refractivity contribution in [2.45, 2.75) is 20.8 Å². The topological polar surface area (TPSA) is 97.0 Å². The van der Waals surface area contributed by atoms with E-state index in [2.05, 4.69) is 14.9 Å². The van der Waals surface area contributed by atoms with Gasteiger partial charge in [0.05, 0.1) is 19.0 Å². The molecule has 2 rings (SSSR count). The largest absolute Gasteiger partial charge is 0.380 e. The predicted octanol–water partition coefficient (Wildman–Crippen LogP) is 3.58. The first kappa shape index (κ1) is 25.6. The third-order valence-corrected chi connectivity index (χ3v) is 6.02. The Morgan fingerprint density at radius 1 is 0.844 bits per heavy atom. The SMILES string of the molecule is CCOCCN(CCOCC)c1ccc(NC(=O)c2ccc(NS(=O)(=O)CC)cc2)cc1. The van der Waals surface area contributed by atoms with E-state index in [1.165, 1.54) is 0 Å². The third-order valence-electron chi connectivity index (χ3n) is 4.71. The van der Waals surface area contributed by atoms with Crippen LogP contribution in [-0.2, 0) is 19.5 Å². The minimum absolute atomic E-state index is 0.0140. The van der Waals surface area contributed by atoms with Crippen LogP contribution in [0.2, 0.25) is 0 Å². The number of rotatable bonds is 14. The first-order valence-corrected chi connectivity index (χ1v) is 12.5. The van der Waals surface area contributed by atoms with Crippen LogP contribution in [-0.4, -0.2) is 59.6 Å². The van der Waals surface area contributed by atoms with Crippen LogP contribution in [0.5, 0.6) is 0 Å². The van der Waals surface area contributed by atoms with E-state index in [0.29, 0.717) is 43.4 Å². The van der Waals surface area contributed by atoms with Crippen molar-refractivity contribution in [3.05, 3.63) is 54.1 Å². The second-order valence-corrected chi connectivity index (χ2v) is 8.98. The van der Waals surface area contributed by atoms with E-state index in [9.17, 15) is 13.2 Å². The zero-order valence-corrected chi connectivity index (χ0v) is 19.8. The van der Waals surface area contributed by atoms with Crippen molar-refractivity contribution in [2.24, 2.45) is 0 Å². The van der Waals surface area contributed by atoms with Crippen LogP contribution in [0, 0.1) is 0 Å². The Bertz CT molecular complexity index is 921. The molecule has 2 aromatic rings. The van der Waals surface area contributed by atoms with Gasteiger partial charge < -0.3 is 19.7 Å². The molecule has 0 saturated carbocycles. The monoisotopic (exact) mass is 463 g/mol. The molecule has 176 valence electrons. The number of nitrogens with one attached hydrogen (secondary N) is 2. The molecule has 9 heteroatoms. The summed E-state index contributed by atoms with van der Waals surface area (Å²) in [5.74, 6) is -0.285. The van der Waals surface area contributed by atoms with Crippen LogP contribution in [0.1, 0.15) is 31.1 Å². The molecule has 0 bridgehead atoms. The Labute approximate surface area is 191 Å². The third kappa shape index (κ3) is 8.49. The molecular formula is C23H33N3O5S. The fourth-order valence-corrected chi connectivity index (χ4v) is 3.55. The second kappa shape index (κ2) is 13.0.